The van der Waals surface area contributed by atoms with Crippen LogP contribution in [0, 0.1) is 0 Å². The van der Waals surface area contributed by atoms with E-state index in [1.165, 1.54) is 49.7 Å². The van der Waals surface area contributed by atoms with E-state index in [0.29, 0.717) is 0 Å². The average Bonchev–Trinajstić information content (AvgIpc) is 3.23. The lowest BCUT2D eigenvalue weighted by molar-refractivity contribution is 0.660. The molecule has 0 saturated carbocycles. The van der Waals surface area contributed by atoms with Gasteiger partial charge < -0.3 is 10.6 Å². The van der Waals surface area contributed by atoms with Gasteiger partial charge in [0.05, 0.1) is 0 Å². The lowest BCUT2D eigenvalue weighted by Gasteiger charge is -2.22. The molecule has 0 radical (unpaired) electrons. The zero-order valence-corrected chi connectivity index (χ0v) is 23.4. The Morgan fingerprint density at radius 2 is 1.15 bits per heavy atom. The van der Waals surface area contributed by atoms with Gasteiger partial charge in [-0.1, -0.05) is 111 Å². The second-order valence-electron chi connectivity index (χ2n) is 11.3. The van der Waals surface area contributed by atoms with E-state index in [9.17, 15) is 0 Å². The minimum absolute atomic E-state index is 0.0557. The molecule has 0 amide bonds. The molecule has 0 aromatic heterocycles. The lowest BCUT2D eigenvalue weighted by atomic mass is 9.82. The van der Waals surface area contributed by atoms with E-state index in [1.807, 2.05) is 6.08 Å². The van der Waals surface area contributed by atoms with E-state index >= 15 is 0 Å². The Kier molecular flexibility index (Phi) is 5.98. The number of rotatable bonds is 6. The first-order valence-electron chi connectivity index (χ1n) is 14.1. The maximum absolute atomic E-state index is 3.96. The largest absolute Gasteiger partial charge is 0.356 e. The van der Waals surface area contributed by atoms with Crippen LogP contribution in [-0.2, 0) is 5.41 Å². The van der Waals surface area contributed by atoms with Crippen LogP contribution >= 0.6 is 0 Å². The van der Waals surface area contributed by atoms with Gasteiger partial charge in [0.1, 0.15) is 0 Å². The maximum Gasteiger partial charge on any atom is 0.0463 e. The highest BCUT2D eigenvalue weighted by Crippen LogP contribution is 2.49. The van der Waals surface area contributed by atoms with Crippen molar-refractivity contribution in [3.63, 3.8) is 0 Å². The topological polar surface area (TPSA) is 24.1 Å². The second-order valence-corrected chi connectivity index (χ2v) is 11.3. The second kappa shape index (κ2) is 9.83. The van der Waals surface area contributed by atoms with Gasteiger partial charge in [0.15, 0.2) is 0 Å². The normalized spacial score (nSPS) is 12.9. The van der Waals surface area contributed by atoms with Gasteiger partial charge in [-0.05, 0) is 86.8 Å². The summed E-state index contributed by atoms with van der Waals surface area (Å²) in [5.74, 6) is 0. The van der Waals surface area contributed by atoms with Crippen molar-refractivity contribution in [2.24, 2.45) is 0 Å². The Labute approximate surface area is 242 Å². The highest BCUT2D eigenvalue weighted by molar-refractivity contribution is 5.95. The van der Waals surface area contributed by atoms with Gasteiger partial charge >= 0.3 is 0 Å². The van der Waals surface area contributed by atoms with Crippen LogP contribution in [0.15, 0.2) is 134 Å². The quantitative estimate of drug-likeness (QED) is 0.225. The Balaban J connectivity index is 1.07. The third-order valence-electron chi connectivity index (χ3n) is 8.40. The van der Waals surface area contributed by atoms with E-state index in [4.69, 9.17) is 0 Å². The Morgan fingerprint density at radius 3 is 1.85 bits per heavy atom. The molecule has 1 aliphatic rings. The molecule has 0 heterocycles. The molecule has 1 aliphatic carbocycles. The number of hydrogen-bond donors (Lipinski definition) is 2. The molecule has 0 spiro atoms. The van der Waals surface area contributed by atoms with Crippen LogP contribution in [0.1, 0.15) is 30.5 Å². The average molecular weight is 529 g/mol. The number of hydrogen-bond acceptors (Lipinski definition) is 2. The number of benzene rings is 6. The van der Waals surface area contributed by atoms with Crippen LogP contribution in [0.3, 0.4) is 0 Å². The Bertz CT molecular complexity index is 1910. The highest BCUT2D eigenvalue weighted by Gasteiger charge is 2.35. The van der Waals surface area contributed by atoms with Gasteiger partial charge in [0, 0.05) is 33.6 Å². The summed E-state index contributed by atoms with van der Waals surface area (Å²) in [6, 6.07) is 45.5. The summed E-state index contributed by atoms with van der Waals surface area (Å²) in [6.07, 6.45) is 1.92. The first-order chi connectivity index (χ1) is 20.0. The molecule has 2 heteroatoms. The van der Waals surface area contributed by atoms with Crippen LogP contribution in [-0.4, -0.2) is 0 Å². The van der Waals surface area contributed by atoms with Crippen LogP contribution in [0.2, 0.25) is 0 Å². The van der Waals surface area contributed by atoms with Crippen molar-refractivity contribution in [3.8, 4) is 22.3 Å². The van der Waals surface area contributed by atoms with Gasteiger partial charge in [-0.25, -0.2) is 0 Å². The molecule has 0 bridgehead atoms. The first-order valence-corrected chi connectivity index (χ1v) is 14.1. The van der Waals surface area contributed by atoms with Crippen molar-refractivity contribution in [2.45, 2.75) is 19.3 Å². The molecule has 7 rings (SSSR count). The summed E-state index contributed by atoms with van der Waals surface area (Å²) in [5.41, 5.74) is 13.2. The molecule has 0 aliphatic heterocycles. The van der Waals surface area contributed by atoms with E-state index in [2.05, 4.69) is 158 Å². The lowest BCUT2D eigenvalue weighted by Crippen LogP contribution is -2.15. The molecular formula is C39H32N2. The summed E-state index contributed by atoms with van der Waals surface area (Å²) in [7, 11) is 0. The van der Waals surface area contributed by atoms with Crippen molar-refractivity contribution in [1.29, 1.82) is 0 Å². The zero-order chi connectivity index (χ0) is 28.0. The summed E-state index contributed by atoms with van der Waals surface area (Å²) in [4.78, 5) is 0. The van der Waals surface area contributed by atoms with Crippen molar-refractivity contribution in [3.05, 3.63) is 151 Å². The van der Waals surface area contributed by atoms with Gasteiger partial charge in [-0.3, -0.25) is 0 Å². The van der Waals surface area contributed by atoms with Crippen molar-refractivity contribution < 1.29 is 0 Å². The molecule has 0 unspecified atom stereocenters. The molecule has 41 heavy (non-hydrogen) atoms. The van der Waals surface area contributed by atoms with Gasteiger partial charge in [0.2, 0.25) is 0 Å². The van der Waals surface area contributed by atoms with E-state index in [0.717, 1.165) is 22.7 Å². The Morgan fingerprint density at radius 1 is 0.561 bits per heavy atom. The third-order valence-corrected chi connectivity index (χ3v) is 8.40. The zero-order valence-electron chi connectivity index (χ0n) is 23.4. The van der Waals surface area contributed by atoms with Gasteiger partial charge in [0.25, 0.3) is 0 Å². The van der Waals surface area contributed by atoms with E-state index in [1.54, 1.807) is 0 Å². The molecule has 198 valence electrons. The van der Waals surface area contributed by atoms with Gasteiger partial charge in [-0.15, -0.1) is 0 Å². The molecular weight excluding hydrogens is 496 g/mol. The van der Waals surface area contributed by atoms with Gasteiger partial charge in [-0.2, -0.15) is 0 Å². The predicted molar refractivity (Wildman–Crippen MR) is 176 cm³/mol. The highest BCUT2D eigenvalue weighted by atomic mass is 14.9. The SMILES string of the molecule is C=Cc1ccc2c(c1)C(C)(C)c1cc(Nc3ccc(-c4ccc(Nc5cccc6ccccc56)cc4)cc3)ccc1-2. The molecule has 2 N–H and O–H groups in total. The van der Waals surface area contributed by atoms with Crippen LogP contribution < -0.4 is 10.6 Å². The first kappa shape index (κ1) is 24.9. The van der Waals surface area contributed by atoms with Crippen LogP contribution in [0.4, 0.5) is 22.7 Å². The smallest absolute Gasteiger partial charge is 0.0463 e. The monoisotopic (exact) mass is 528 g/mol. The summed E-state index contributed by atoms with van der Waals surface area (Å²) in [5, 5.41) is 9.66. The molecule has 2 nitrogen and oxygen atoms in total. The molecule has 6 aromatic rings. The molecule has 0 atom stereocenters. The fraction of sp³-hybridized carbons (Fsp3) is 0.0769. The minimum Gasteiger partial charge on any atom is -0.356 e. The summed E-state index contributed by atoms with van der Waals surface area (Å²) >= 11 is 0. The predicted octanol–water partition coefficient (Wildman–Crippen LogP) is 10.9. The summed E-state index contributed by atoms with van der Waals surface area (Å²) in [6.45, 7) is 8.58. The standard InChI is InChI=1S/C39H32N2/c1-4-26-12-22-34-35-23-21-32(25-37(35)39(2,3)36(34)24-26)40-30-17-13-27(14-18-30)28-15-19-31(20-16-28)41-38-11-7-9-29-8-5-6-10-33(29)38/h4-25,40-41H,1H2,2-3H3. The number of anilines is 4. The number of nitrogens with one attached hydrogen (secondary N) is 2. The van der Waals surface area contributed by atoms with Crippen molar-refractivity contribution in [1.82, 2.24) is 0 Å². The van der Waals surface area contributed by atoms with E-state index in [-0.39, 0.29) is 5.41 Å². The molecule has 6 aromatic carbocycles. The fourth-order valence-electron chi connectivity index (χ4n) is 6.11. The maximum atomic E-state index is 3.96. The third kappa shape index (κ3) is 4.48. The Hall–Kier alpha value is -5.08. The minimum atomic E-state index is -0.0557. The molecule has 0 saturated heterocycles. The van der Waals surface area contributed by atoms with Crippen molar-refractivity contribution >= 4 is 39.6 Å². The molecule has 0 fully saturated rings. The summed E-state index contributed by atoms with van der Waals surface area (Å²) < 4.78 is 0. The van der Waals surface area contributed by atoms with Crippen molar-refractivity contribution in [2.75, 3.05) is 10.6 Å². The number of fused-ring (bicyclic) bond motifs is 4. The fourth-order valence-corrected chi connectivity index (χ4v) is 6.11. The van der Waals surface area contributed by atoms with Crippen LogP contribution in [0.5, 0.6) is 0 Å². The van der Waals surface area contributed by atoms with E-state index < -0.39 is 0 Å². The van der Waals surface area contributed by atoms with Crippen LogP contribution in [0.25, 0.3) is 39.1 Å².